The van der Waals surface area contributed by atoms with Gasteiger partial charge in [0.15, 0.2) is 11.5 Å². The quantitative estimate of drug-likeness (QED) is 0.920. The Labute approximate surface area is 119 Å². The van der Waals surface area contributed by atoms with Crippen LogP contribution in [0.4, 0.5) is 4.79 Å². The van der Waals surface area contributed by atoms with Gasteiger partial charge in [-0.2, -0.15) is 0 Å². The van der Waals surface area contributed by atoms with Gasteiger partial charge in [-0.05, 0) is 38.8 Å². The van der Waals surface area contributed by atoms with Crippen molar-refractivity contribution in [2.24, 2.45) is 0 Å². The van der Waals surface area contributed by atoms with E-state index in [0.29, 0.717) is 24.6 Å². The van der Waals surface area contributed by atoms with Crippen LogP contribution in [0.1, 0.15) is 26.7 Å². The predicted molar refractivity (Wildman–Crippen MR) is 75.5 cm³/mol. The molecule has 1 unspecified atom stereocenters. The Balaban J connectivity index is 2.04. The Morgan fingerprint density at radius 3 is 2.70 bits per heavy atom. The molecule has 1 amide bonds. The van der Waals surface area contributed by atoms with Crippen LogP contribution in [-0.4, -0.2) is 41.4 Å². The minimum Gasteiger partial charge on any atom is -0.487 e. The number of amides is 1. The van der Waals surface area contributed by atoms with Crippen molar-refractivity contribution in [3.8, 4) is 11.5 Å². The molecule has 1 aromatic carbocycles. The average Bonchev–Trinajstić information content (AvgIpc) is 2.41. The molecule has 1 fully saturated rings. The van der Waals surface area contributed by atoms with Gasteiger partial charge in [-0.1, -0.05) is 12.1 Å². The van der Waals surface area contributed by atoms with Crippen molar-refractivity contribution in [2.75, 3.05) is 13.1 Å². The summed E-state index contributed by atoms with van der Waals surface area (Å²) in [5.74, 6) is 1.38. The molecule has 0 saturated carbocycles. The molecular weight excluding hydrogens is 258 g/mol. The molecule has 110 valence electrons. The molecule has 1 aromatic rings. The molecule has 2 rings (SSSR count). The lowest BCUT2D eigenvalue weighted by atomic mass is 10.1. The standard InChI is InChI=1S/C15H21NO4/c1-11(2)19-13-7-3-4-8-14(13)20-12-6-5-9-16(10-12)15(17)18/h3-4,7-8,11-12H,5-6,9-10H2,1-2H3,(H,17,18). The van der Waals surface area contributed by atoms with Crippen molar-refractivity contribution in [1.82, 2.24) is 4.90 Å². The van der Waals surface area contributed by atoms with Crippen molar-refractivity contribution >= 4 is 6.09 Å². The number of rotatable bonds is 4. The van der Waals surface area contributed by atoms with E-state index in [2.05, 4.69) is 0 Å². The summed E-state index contributed by atoms with van der Waals surface area (Å²) in [6, 6.07) is 7.51. The van der Waals surface area contributed by atoms with Crippen LogP contribution in [0.25, 0.3) is 0 Å². The number of likely N-dealkylation sites (tertiary alicyclic amines) is 1. The van der Waals surface area contributed by atoms with E-state index >= 15 is 0 Å². The van der Waals surface area contributed by atoms with Crippen molar-refractivity contribution in [1.29, 1.82) is 0 Å². The molecule has 5 nitrogen and oxygen atoms in total. The van der Waals surface area contributed by atoms with E-state index in [9.17, 15) is 4.79 Å². The van der Waals surface area contributed by atoms with Crippen molar-refractivity contribution in [2.45, 2.75) is 38.9 Å². The maximum Gasteiger partial charge on any atom is 0.407 e. The predicted octanol–water partition coefficient (Wildman–Crippen LogP) is 3.00. The first-order valence-corrected chi connectivity index (χ1v) is 6.96. The van der Waals surface area contributed by atoms with Gasteiger partial charge < -0.3 is 19.5 Å². The highest BCUT2D eigenvalue weighted by molar-refractivity contribution is 5.65. The summed E-state index contributed by atoms with van der Waals surface area (Å²) in [6.07, 6.45) is 0.757. The fraction of sp³-hybridized carbons (Fsp3) is 0.533. The lowest BCUT2D eigenvalue weighted by Crippen LogP contribution is -2.43. The first-order chi connectivity index (χ1) is 9.56. The topological polar surface area (TPSA) is 59.0 Å². The molecule has 1 saturated heterocycles. The second-order valence-corrected chi connectivity index (χ2v) is 5.22. The van der Waals surface area contributed by atoms with E-state index in [1.807, 2.05) is 38.1 Å². The maximum absolute atomic E-state index is 11.0. The highest BCUT2D eigenvalue weighted by Gasteiger charge is 2.25. The number of carboxylic acid groups (broad SMARTS) is 1. The number of hydrogen-bond donors (Lipinski definition) is 1. The highest BCUT2D eigenvalue weighted by atomic mass is 16.5. The summed E-state index contributed by atoms with van der Waals surface area (Å²) in [6.45, 7) is 4.91. The van der Waals surface area contributed by atoms with Gasteiger partial charge in [-0.25, -0.2) is 4.79 Å². The second-order valence-electron chi connectivity index (χ2n) is 5.22. The lowest BCUT2D eigenvalue weighted by molar-refractivity contribution is 0.0763. The molecule has 1 N–H and O–H groups in total. The third-order valence-corrected chi connectivity index (χ3v) is 3.15. The van der Waals surface area contributed by atoms with Crippen LogP contribution in [0.15, 0.2) is 24.3 Å². The summed E-state index contributed by atoms with van der Waals surface area (Å²) in [5.41, 5.74) is 0. The van der Waals surface area contributed by atoms with Crippen molar-refractivity contribution < 1.29 is 19.4 Å². The number of piperidine rings is 1. The van der Waals surface area contributed by atoms with Gasteiger partial charge in [0.25, 0.3) is 0 Å². The van der Waals surface area contributed by atoms with Gasteiger partial charge in [0.1, 0.15) is 6.10 Å². The monoisotopic (exact) mass is 279 g/mol. The molecular formula is C15H21NO4. The molecule has 1 aliphatic rings. The fourth-order valence-electron chi connectivity index (χ4n) is 2.29. The van der Waals surface area contributed by atoms with Crippen LogP contribution in [0.5, 0.6) is 11.5 Å². The number of para-hydroxylation sites is 2. The number of ether oxygens (including phenoxy) is 2. The third-order valence-electron chi connectivity index (χ3n) is 3.15. The first-order valence-electron chi connectivity index (χ1n) is 6.96. The van der Waals surface area contributed by atoms with Crippen LogP contribution in [0.3, 0.4) is 0 Å². The molecule has 1 heterocycles. The van der Waals surface area contributed by atoms with Crippen LogP contribution in [0.2, 0.25) is 0 Å². The molecule has 0 spiro atoms. The molecule has 0 bridgehead atoms. The summed E-state index contributed by atoms with van der Waals surface area (Å²) in [5, 5.41) is 9.04. The molecule has 0 radical (unpaired) electrons. The van der Waals surface area contributed by atoms with Gasteiger partial charge >= 0.3 is 6.09 Å². The zero-order valence-corrected chi connectivity index (χ0v) is 11.9. The smallest absolute Gasteiger partial charge is 0.407 e. The summed E-state index contributed by atoms with van der Waals surface area (Å²) < 4.78 is 11.6. The Morgan fingerprint density at radius 1 is 1.35 bits per heavy atom. The van der Waals surface area contributed by atoms with E-state index < -0.39 is 6.09 Å². The van der Waals surface area contributed by atoms with Crippen LogP contribution >= 0.6 is 0 Å². The van der Waals surface area contributed by atoms with Gasteiger partial charge in [-0.3, -0.25) is 0 Å². The van der Waals surface area contributed by atoms with E-state index in [4.69, 9.17) is 14.6 Å². The fourth-order valence-corrected chi connectivity index (χ4v) is 2.29. The molecule has 20 heavy (non-hydrogen) atoms. The summed E-state index contributed by atoms with van der Waals surface area (Å²) in [7, 11) is 0. The normalized spacial score (nSPS) is 18.9. The maximum atomic E-state index is 11.0. The van der Waals surface area contributed by atoms with Crippen LogP contribution in [0, 0.1) is 0 Å². The minimum absolute atomic E-state index is 0.0709. The SMILES string of the molecule is CC(C)Oc1ccccc1OC1CCCN(C(=O)O)C1. The summed E-state index contributed by atoms with van der Waals surface area (Å²) >= 11 is 0. The Hall–Kier alpha value is -1.91. The van der Waals surface area contributed by atoms with Gasteiger partial charge in [0, 0.05) is 6.54 Å². The molecule has 1 aliphatic heterocycles. The van der Waals surface area contributed by atoms with Gasteiger partial charge in [-0.15, -0.1) is 0 Å². The number of nitrogens with zero attached hydrogens (tertiary/aromatic N) is 1. The van der Waals surface area contributed by atoms with E-state index in [0.717, 1.165) is 12.8 Å². The molecule has 1 atom stereocenters. The lowest BCUT2D eigenvalue weighted by Gasteiger charge is -2.31. The average molecular weight is 279 g/mol. The minimum atomic E-state index is -0.884. The van der Waals surface area contributed by atoms with Crippen LogP contribution < -0.4 is 9.47 Å². The van der Waals surface area contributed by atoms with Crippen LogP contribution in [-0.2, 0) is 0 Å². The van der Waals surface area contributed by atoms with E-state index in [1.54, 1.807) is 0 Å². The number of carbonyl (C=O) groups is 1. The van der Waals surface area contributed by atoms with Crippen molar-refractivity contribution in [3.05, 3.63) is 24.3 Å². The summed E-state index contributed by atoms with van der Waals surface area (Å²) in [4.78, 5) is 12.4. The van der Waals surface area contributed by atoms with Crippen molar-refractivity contribution in [3.63, 3.8) is 0 Å². The zero-order chi connectivity index (χ0) is 14.5. The Morgan fingerprint density at radius 2 is 2.05 bits per heavy atom. The first kappa shape index (κ1) is 14.5. The number of benzene rings is 1. The van der Waals surface area contributed by atoms with E-state index in [1.165, 1.54) is 4.90 Å². The Kier molecular flexibility index (Phi) is 4.71. The third kappa shape index (κ3) is 3.79. The second kappa shape index (κ2) is 6.50. The largest absolute Gasteiger partial charge is 0.487 e. The van der Waals surface area contributed by atoms with Gasteiger partial charge in [0.2, 0.25) is 0 Å². The zero-order valence-electron chi connectivity index (χ0n) is 11.9. The van der Waals surface area contributed by atoms with E-state index in [-0.39, 0.29) is 12.2 Å². The molecule has 0 aliphatic carbocycles. The van der Waals surface area contributed by atoms with Gasteiger partial charge in [0.05, 0.1) is 12.6 Å². The highest BCUT2D eigenvalue weighted by Crippen LogP contribution is 2.29. The number of hydrogen-bond acceptors (Lipinski definition) is 3. The Bertz CT molecular complexity index is 461. The molecule has 0 aromatic heterocycles. The molecule has 5 heteroatoms.